The van der Waals surface area contributed by atoms with Gasteiger partial charge in [0, 0.05) is 18.7 Å². The number of likely N-dealkylation sites (tertiary alicyclic amines) is 1. The summed E-state index contributed by atoms with van der Waals surface area (Å²) in [4.78, 5) is 25.7. The van der Waals surface area contributed by atoms with Crippen molar-refractivity contribution in [2.75, 3.05) is 13.1 Å². The van der Waals surface area contributed by atoms with Gasteiger partial charge in [0.1, 0.15) is 5.56 Å². The number of nitro groups is 1. The summed E-state index contributed by atoms with van der Waals surface area (Å²) in [6, 6.07) is 13.0. The number of carbonyl (C=O) groups is 1. The maximum Gasteiger partial charge on any atom is 0.285 e. The second-order valence-corrected chi connectivity index (χ2v) is 7.69. The number of para-hydroxylation sites is 1. The van der Waals surface area contributed by atoms with Crippen LogP contribution in [0.1, 0.15) is 46.8 Å². The molecular weight excluding hydrogens is 354 g/mol. The smallest absolute Gasteiger partial charge is 0.285 e. The molecule has 2 aromatic carbocycles. The number of rotatable bonds is 6. The number of amides is 1. The van der Waals surface area contributed by atoms with E-state index in [0.717, 1.165) is 31.1 Å². The third kappa shape index (κ3) is 4.95. The van der Waals surface area contributed by atoms with Crippen molar-refractivity contribution in [3.63, 3.8) is 0 Å². The molecule has 0 unspecified atom stereocenters. The number of carbonyl (C=O) groups excluding carboxylic acids is 1. The Morgan fingerprint density at radius 3 is 2.43 bits per heavy atom. The Bertz CT molecular complexity index is 841. The molecule has 28 heavy (non-hydrogen) atoms. The van der Waals surface area contributed by atoms with E-state index >= 15 is 0 Å². The zero-order chi connectivity index (χ0) is 20.1. The first-order chi connectivity index (χ1) is 13.4. The molecule has 2 aromatic rings. The van der Waals surface area contributed by atoms with Crippen molar-refractivity contribution in [3.8, 4) is 0 Å². The largest absolute Gasteiger partial charge is 0.348 e. The van der Waals surface area contributed by atoms with Crippen molar-refractivity contribution >= 4 is 11.6 Å². The third-order valence-corrected chi connectivity index (χ3v) is 5.42. The average molecular weight is 381 g/mol. The zero-order valence-electron chi connectivity index (χ0n) is 16.5. The van der Waals surface area contributed by atoms with Crippen LogP contribution in [0.25, 0.3) is 0 Å². The van der Waals surface area contributed by atoms with Crippen molar-refractivity contribution in [2.45, 2.75) is 39.8 Å². The van der Waals surface area contributed by atoms with Gasteiger partial charge >= 0.3 is 0 Å². The lowest BCUT2D eigenvalue weighted by Crippen LogP contribution is -2.32. The van der Waals surface area contributed by atoms with Crippen LogP contribution in [0.15, 0.2) is 42.5 Å². The van der Waals surface area contributed by atoms with Crippen LogP contribution < -0.4 is 5.32 Å². The summed E-state index contributed by atoms with van der Waals surface area (Å²) in [5, 5.41) is 14.1. The molecular formula is C22H27N3O3. The van der Waals surface area contributed by atoms with E-state index in [0.29, 0.717) is 12.1 Å². The van der Waals surface area contributed by atoms with Crippen LogP contribution in [0.4, 0.5) is 5.69 Å². The first kappa shape index (κ1) is 20.0. The molecule has 0 aromatic heterocycles. The minimum atomic E-state index is -0.500. The number of hydrogen-bond donors (Lipinski definition) is 1. The molecule has 0 radical (unpaired) electrons. The molecule has 1 aliphatic rings. The van der Waals surface area contributed by atoms with Gasteiger partial charge in [0.05, 0.1) is 4.92 Å². The molecule has 1 amide bonds. The summed E-state index contributed by atoms with van der Waals surface area (Å²) in [6.07, 6.45) is 2.52. The fourth-order valence-corrected chi connectivity index (χ4v) is 3.60. The van der Waals surface area contributed by atoms with E-state index in [9.17, 15) is 14.9 Å². The van der Waals surface area contributed by atoms with Gasteiger partial charge in [-0.05, 0) is 56.0 Å². The minimum Gasteiger partial charge on any atom is -0.348 e. The maximum atomic E-state index is 12.4. The van der Waals surface area contributed by atoms with Crippen LogP contribution >= 0.6 is 0 Å². The van der Waals surface area contributed by atoms with Crippen molar-refractivity contribution < 1.29 is 9.72 Å². The molecule has 0 saturated carbocycles. The predicted molar refractivity (Wildman–Crippen MR) is 109 cm³/mol. The Balaban J connectivity index is 1.57. The Labute approximate surface area is 165 Å². The van der Waals surface area contributed by atoms with Crippen LogP contribution in [0.3, 0.4) is 0 Å². The highest BCUT2D eigenvalue weighted by Crippen LogP contribution is 2.23. The Morgan fingerprint density at radius 1 is 1.14 bits per heavy atom. The standard InChI is InChI=1S/C22H27N3O3/c1-16-10-12-24(13-11-16)15-19-8-6-18(7-9-19)14-23-22(26)20-5-3-4-17(2)21(20)25(27)28/h3-9,16H,10-15H2,1-2H3,(H,23,26). The van der Waals surface area contributed by atoms with Gasteiger partial charge in [-0.15, -0.1) is 0 Å². The molecule has 1 saturated heterocycles. The molecule has 6 nitrogen and oxygen atoms in total. The highest BCUT2D eigenvalue weighted by atomic mass is 16.6. The summed E-state index contributed by atoms with van der Waals surface area (Å²) < 4.78 is 0. The van der Waals surface area contributed by atoms with Gasteiger partial charge in [-0.1, -0.05) is 43.3 Å². The van der Waals surface area contributed by atoms with Crippen LogP contribution in [-0.4, -0.2) is 28.8 Å². The van der Waals surface area contributed by atoms with Crippen LogP contribution in [0.5, 0.6) is 0 Å². The summed E-state index contributed by atoms with van der Waals surface area (Å²) in [5.41, 5.74) is 2.68. The highest BCUT2D eigenvalue weighted by molar-refractivity contribution is 5.98. The van der Waals surface area contributed by atoms with Crippen LogP contribution in [0, 0.1) is 23.0 Å². The van der Waals surface area contributed by atoms with E-state index in [-0.39, 0.29) is 11.3 Å². The normalized spacial score (nSPS) is 15.4. The zero-order valence-corrected chi connectivity index (χ0v) is 16.5. The van der Waals surface area contributed by atoms with E-state index < -0.39 is 10.8 Å². The lowest BCUT2D eigenvalue weighted by molar-refractivity contribution is -0.385. The van der Waals surface area contributed by atoms with Gasteiger partial charge in [-0.3, -0.25) is 19.8 Å². The first-order valence-corrected chi connectivity index (χ1v) is 9.76. The molecule has 1 heterocycles. The predicted octanol–water partition coefficient (Wildman–Crippen LogP) is 4.07. The molecule has 0 aliphatic carbocycles. The van der Waals surface area contributed by atoms with E-state index in [1.807, 2.05) is 12.1 Å². The van der Waals surface area contributed by atoms with Crippen molar-refractivity contribution in [1.29, 1.82) is 0 Å². The van der Waals surface area contributed by atoms with E-state index in [4.69, 9.17) is 0 Å². The van der Waals surface area contributed by atoms with Crippen molar-refractivity contribution in [1.82, 2.24) is 10.2 Å². The maximum absolute atomic E-state index is 12.4. The fourth-order valence-electron chi connectivity index (χ4n) is 3.60. The van der Waals surface area contributed by atoms with E-state index in [1.54, 1.807) is 19.1 Å². The van der Waals surface area contributed by atoms with Gasteiger partial charge < -0.3 is 5.32 Å². The van der Waals surface area contributed by atoms with E-state index in [2.05, 4.69) is 29.3 Å². The molecule has 0 spiro atoms. The minimum absolute atomic E-state index is 0.0981. The summed E-state index contributed by atoms with van der Waals surface area (Å²) >= 11 is 0. The molecule has 3 rings (SSSR count). The number of nitrogens with zero attached hydrogens (tertiary/aromatic N) is 2. The first-order valence-electron chi connectivity index (χ1n) is 9.76. The molecule has 1 fully saturated rings. The number of nitrogens with one attached hydrogen (secondary N) is 1. The monoisotopic (exact) mass is 381 g/mol. The number of hydrogen-bond acceptors (Lipinski definition) is 4. The number of benzene rings is 2. The summed E-state index contributed by atoms with van der Waals surface area (Å²) in [5.74, 6) is 0.397. The van der Waals surface area contributed by atoms with E-state index in [1.165, 1.54) is 24.5 Å². The highest BCUT2D eigenvalue weighted by Gasteiger charge is 2.22. The second-order valence-electron chi connectivity index (χ2n) is 7.69. The van der Waals surface area contributed by atoms with Gasteiger partial charge in [-0.25, -0.2) is 0 Å². The molecule has 0 atom stereocenters. The van der Waals surface area contributed by atoms with Gasteiger partial charge in [0.25, 0.3) is 11.6 Å². The lowest BCUT2D eigenvalue weighted by atomic mass is 9.99. The number of nitro benzene ring substituents is 1. The molecule has 1 N–H and O–H groups in total. The molecule has 1 aliphatic heterocycles. The molecule has 0 bridgehead atoms. The van der Waals surface area contributed by atoms with Gasteiger partial charge in [0.2, 0.25) is 0 Å². The second kappa shape index (κ2) is 8.97. The van der Waals surface area contributed by atoms with Crippen molar-refractivity contribution in [2.24, 2.45) is 5.92 Å². The topological polar surface area (TPSA) is 75.5 Å². The number of aryl methyl sites for hydroxylation is 1. The molecule has 148 valence electrons. The lowest BCUT2D eigenvalue weighted by Gasteiger charge is -2.30. The summed E-state index contributed by atoms with van der Waals surface area (Å²) in [7, 11) is 0. The van der Waals surface area contributed by atoms with Crippen LogP contribution in [0.2, 0.25) is 0 Å². The van der Waals surface area contributed by atoms with Gasteiger partial charge in [-0.2, -0.15) is 0 Å². The van der Waals surface area contributed by atoms with Gasteiger partial charge in [0.15, 0.2) is 0 Å². The van der Waals surface area contributed by atoms with Crippen molar-refractivity contribution in [3.05, 3.63) is 74.8 Å². The Hall–Kier alpha value is -2.73. The Morgan fingerprint density at radius 2 is 1.79 bits per heavy atom. The number of piperidine rings is 1. The van der Waals surface area contributed by atoms with Crippen LogP contribution in [-0.2, 0) is 13.1 Å². The Kier molecular flexibility index (Phi) is 6.41. The molecule has 6 heteroatoms. The quantitative estimate of drug-likeness (QED) is 0.605. The third-order valence-electron chi connectivity index (χ3n) is 5.42. The SMILES string of the molecule is Cc1cccc(C(=O)NCc2ccc(CN3CCC(C)CC3)cc2)c1[N+](=O)[O-]. The summed E-state index contributed by atoms with van der Waals surface area (Å²) in [6.45, 7) is 7.53. The fraction of sp³-hybridized carbons (Fsp3) is 0.409. The average Bonchev–Trinajstić information content (AvgIpc) is 2.68.